The predicted octanol–water partition coefficient (Wildman–Crippen LogP) is 2.98. The molecule has 0 radical (unpaired) electrons. The molecule has 0 aliphatic rings. The minimum atomic E-state index is -0.521. The highest BCUT2D eigenvalue weighted by Crippen LogP contribution is 2.27. The van der Waals surface area contributed by atoms with Crippen molar-refractivity contribution in [1.82, 2.24) is 14.9 Å². The standard InChI is InChI=1S/C15H14FN5OS2/c1-9(14(22)18-11-6-3-2-5-10(11)16)24-15-20-19-13(21(15)17)12-7-4-8-23-12/h2-9H,17H2,1H3,(H,18,22)/t9-/m0/s1. The molecule has 1 atom stereocenters. The molecule has 0 saturated carbocycles. The lowest BCUT2D eigenvalue weighted by molar-refractivity contribution is -0.115. The Morgan fingerprint density at radius 1 is 1.33 bits per heavy atom. The Bertz CT molecular complexity index is 849. The van der Waals surface area contributed by atoms with Crippen molar-refractivity contribution in [2.45, 2.75) is 17.3 Å². The summed E-state index contributed by atoms with van der Waals surface area (Å²) >= 11 is 2.65. The van der Waals surface area contributed by atoms with E-state index in [-0.39, 0.29) is 11.6 Å². The van der Waals surface area contributed by atoms with Gasteiger partial charge in [-0.25, -0.2) is 9.07 Å². The number of para-hydroxylation sites is 1. The number of thiophene rings is 1. The molecule has 6 nitrogen and oxygen atoms in total. The Morgan fingerprint density at radius 2 is 2.12 bits per heavy atom. The van der Waals surface area contributed by atoms with Gasteiger partial charge in [0.05, 0.1) is 15.8 Å². The Labute approximate surface area is 145 Å². The fourth-order valence-corrected chi connectivity index (χ4v) is 3.42. The molecule has 1 amide bonds. The number of aromatic nitrogens is 3. The highest BCUT2D eigenvalue weighted by molar-refractivity contribution is 8.00. The van der Waals surface area contributed by atoms with Gasteiger partial charge in [-0.1, -0.05) is 30.0 Å². The number of anilines is 1. The van der Waals surface area contributed by atoms with Crippen LogP contribution < -0.4 is 11.2 Å². The number of amides is 1. The van der Waals surface area contributed by atoms with Crippen LogP contribution in [0.2, 0.25) is 0 Å². The van der Waals surface area contributed by atoms with Crippen molar-refractivity contribution in [3.8, 4) is 10.7 Å². The maximum atomic E-state index is 13.6. The predicted molar refractivity (Wildman–Crippen MR) is 93.8 cm³/mol. The van der Waals surface area contributed by atoms with E-state index in [1.54, 1.807) is 19.1 Å². The fraction of sp³-hybridized carbons (Fsp3) is 0.133. The summed E-state index contributed by atoms with van der Waals surface area (Å²) in [6, 6.07) is 9.79. The van der Waals surface area contributed by atoms with Crippen LogP contribution in [0, 0.1) is 5.82 Å². The summed E-state index contributed by atoms with van der Waals surface area (Å²) < 4.78 is 14.9. The summed E-state index contributed by atoms with van der Waals surface area (Å²) in [5.41, 5.74) is 0.142. The number of carbonyl (C=O) groups is 1. The van der Waals surface area contributed by atoms with Crippen molar-refractivity contribution < 1.29 is 9.18 Å². The van der Waals surface area contributed by atoms with E-state index in [2.05, 4.69) is 15.5 Å². The number of benzene rings is 1. The zero-order chi connectivity index (χ0) is 17.1. The second-order valence-electron chi connectivity index (χ2n) is 4.88. The number of nitrogen functional groups attached to an aromatic ring is 1. The minimum Gasteiger partial charge on any atom is -0.335 e. The normalized spacial score (nSPS) is 12.1. The summed E-state index contributed by atoms with van der Waals surface area (Å²) in [5.74, 6) is 5.72. The molecular formula is C15H14FN5OS2. The topological polar surface area (TPSA) is 85.8 Å². The first-order valence-electron chi connectivity index (χ1n) is 7.02. The zero-order valence-electron chi connectivity index (χ0n) is 12.6. The molecule has 1 aromatic carbocycles. The molecule has 0 aliphatic carbocycles. The summed E-state index contributed by atoms with van der Waals surface area (Å²) in [4.78, 5) is 13.1. The zero-order valence-corrected chi connectivity index (χ0v) is 14.3. The maximum absolute atomic E-state index is 13.6. The molecule has 0 saturated heterocycles. The number of rotatable bonds is 5. The number of carbonyl (C=O) groups excluding carboxylic acids is 1. The number of hydrogen-bond donors (Lipinski definition) is 2. The Hall–Kier alpha value is -2.39. The third-order valence-electron chi connectivity index (χ3n) is 3.19. The van der Waals surface area contributed by atoms with Gasteiger partial charge in [0.15, 0.2) is 5.82 Å². The highest BCUT2D eigenvalue weighted by Gasteiger charge is 2.21. The Morgan fingerprint density at radius 3 is 2.83 bits per heavy atom. The van der Waals surface area contributed by atoms with Crippen molar-refractivity contribution in [3.05, 3.63) is 47.6 Å². The smallest absolute Gasteiger partial charge is 0.237 e. The largest absolute Gasteiger partial charge is 0.335 e. The van der Waals surface area contributed by atoms with Crippen LogP contribution in [0.3, 0.4) is 0 Å². The van der Waals surface area contributed by atoms with Crippen molar-refractivity contribution in [1.29, 1.82) is 0 Å². The molecular weight excluding hydrogens is 349 g/mol. The number of nitrogens with zero attached hydrogens (tertiary/aromatic N) is 3. The lowest BCUT2D eigenvalue weighted by Gasteiger charge is -2.11. The average Bonchev–Trinajstić information content (AvgIpc) is 3.20. The number of hydrogen-bond acceptors (Lipinski definition) is 6. The van der Waals surface area contributed by atoms with Gasteiger partial charge in [-0.15, -0.1) is 21.5 Å². The van der Waals surface area contributed by atoms with Gasteiger partial charge in [0.2, 0.25) is 11.1 Å². The molecule has 2 aromatic heterocycles. The second kappa shape index (κ2) is 7.02. The lowest BCUT2D eigenvalue weighted by Crippen LogP contribution is -2.24. The third-order valence-corrected chi connectivity index (χ3v) is 5.11. The first-order chi connectivity index (χ1) is 11.6. The summed E-state index contributed by atoms with van der Waals surface area (Å²) in [5, 5.41) is 12.4. The number of nitrogens with one attached hydrogen (secondary N) is 1. The van der Waals surface area contributed by atoms with E-state index in [0.717, 1.165) is 16.6 Å². The van der Waals surface area contributed by atoms with Crippen molar-refractivity contribution >= 4 is 34.7 Å². The van der Waals surface area contributed by atoms with Gasteiger partial charge in [0, 0.05) is 0 Å². The Kier molecular flexibility index (Phi) is 4.81. The van der Waals surface area contributed by atoms with Crippen LogP contribution >= 0.6 is 23.1 Å². The first-order valence-corrected chi connectivity index (χ1v) is 8.78. The molecule has 0 unspecified atom stereocenters. The van der Waals surface area contributed by atoms with Gasteiger partial charge in [-0.3, -0.25) is 4.79 Å². The van der Waals surface area contributed by atoms with Crippen molar-refractivity contribution in [3.63, 3.8) is 0 Å². The van der Waals surface area contributed by atoms with Crippen molar-refractivity contribution in [2.24, 2.45) is 0 Å². The van der Waals surface area contributed by atoms with Crippen LogP contribution in [0.5, 0.6) is 0 Å². The fourth-order valence-electron chi connectivity index (χ4n) is 1.94. The van der Waals surface area contributed by atoms with Crippen molar-refractivity contribution in [2.75, 3.05) is 11.2 Å². The Balaban J connectivity index is 1.70. The molecule has 0 spiro atoms. The van der Waals surface area contributed by atoms with E-state index < -0.39 is 11.1 Å². The second-order valence-corrected chi connectivity index (χ2v) is 7.14. The van der Waals surface area contributed by atoms with Gasteiger partial charge < -0.3 is 11.2 Å². The summed E-state index contributed by atoms with van der Waals surface area (Å²) in [7, 11) is 0. The molecule has 2 heterocycles. The van der Waals surface area contributed by atoms with Gasteiger partial charge in [0.25, 0.3) is 0 Å². The van der Waals surface area contributed by atoms with E-state index >= 15 is 0 Å². The number of thioether (sulfide) groups is 1. The van der Waals surface area contributed by atoms with E-state index in [1.807, 2.05) is 17.5 Å². The molecule has 0 fully saturated rings. The quantitative estimate of drug-likeness (QED) is 0.538. The summed E-state index contributed by atoms with van der Waals surface area (Å²) in [6.07, 6.45) is 0. The third kappa shape index (κ3) is 3.41. The van der Waals surface area contributed by atoms with E-state index in [0.29, 0.717) is 11.0 Å². The SMILES string of the molecule is C[C@H](Sc1nnc(-c2cccs2)n1N)C(=O)Nc1ccccc1F. The highest BCUT2D eigenvalue weighted by atomic mass is 32.2. The van der Waals surface area contributed by atoms with Gasteiger partial charge >= 0.3 is 0 Å². The number of nitrogens with two attached hydrogens (primary N) is 1. The number of halogens is 1. The molecule has 0 aliphatic heterocycles. The minimum absolute atomic E-state index is 0.142. The maximum Gasteiger partial charge on any atom is 0.237 e. The van der Waals surface area contributed by atoms with Crippen LogP contribution in [0.25, 0.3) is 10.7 Å². The van der Waals surface area contributed by atoms with Crippen LogP contribution in [0.4, 0.5) is 10.1 Å². The molecule has 9 heteroatoms. The average molecular weight is 363 g/mol. The molecule has 3 rings (SSSR count). The monoisotopic (exact) mass is 363 g/mol. The van der Waals surface area contributed by atoms with Crippen LogP contribution in [0.1, 0.15) is 6.92 Å². The van der Waals surface area contributed by atoms with E-state index in [1.165, 1.54) is 28.1 Å². The molecule has 0 bridgehead atoms. The van der Waals surface area contributed by atoms with Gasteiger partial charge in [-0.05, 0) is 30.5 Å². The van der Waals surface area contributed by atoms with E-state index in [9.17, 15) is 9.18 Å². The summed E-state index contributed by atoms with van der Waals surface area (Å²) in [6.45, 7) is 1.69. The van der Waals surface area contributed by atoms with Crippen LogP contribution in [-0.2, 0) is 4.79 Å². The van der Waals surface area contributed by atoms with Crippen LogP contribution in [0.15, 0.2) is 46.9 Å². The lowest BCUT2D eigenvalue weighted by atomic mass is 10.3. The molecule has 3 N–H and O–H groups in total. The molecule has 124 valence electrons. The van der Waals surface area contributed by atoms with Gasteiger partial charge in [0.1, 0.15) is 5.82 Å². The molecule has 3 aromatic rings. The van der Waals surface area contributed by atoms with E-state index in [4.69, 9.17) is 5.84 Å². The molecule has 24 heavy (non-hydrogen) atoms. The van der Waals surface area contributed by atoms with Gasteiger partial charge in [-0.2, -0.15) is 0 Å². The first kappa shape index (κ1) is 16.5. The van der Waals surface area contributed by atoms with Crippen LogP contribution in [-0.4, -0.2) is 26.0 Å².